The molecule has 0 aromatic heterocycles. The van der Waals surface area contributed by atoms with Gasteiger partial charge in [-0.3, -0.25) is 0 Å². The van der Waals surface area contributed by atoms with Crippen molar-refractivity contribution in [2.45, 2.75) is 52.1 Å². The molecule has 0 aliphatic heterocycles. The van der Waals surface area contributed by atoms with E-state index >= 15 is 0 Å². The van der Waals surface area contributed by atoms with Gasteiger partial charge in [-0.2, -0.15) is 0 Å². The molecule has 0 atom stereocenters. The Bertz CT molecular complexity index is 84.6. The van der Waals surface area contributed by atoms with E-state index in [-0.39, 0.29) is 0 Å². The summed E-state index contributed by atoms with van der Waals surface area (Å²) in [4.78, 5) is 0. The van der Waals surface area contributed by atoms with Crippen molar-refractivity contribution in [3.63, 3.8) is 0 Å². The lowest BCUT2D eigenvalue weighted by molar-refractivity contribution is -0.146. The monoisotopic (exact) mass is 180 g/mol. The van der Waals surface area contributed by atoms with Crippen molar-refractivity contribution in [2.75, 3.05) is 0 Å². The van der Waals surface area contributed by atoms with Crippen LogP contribution in [0.5, 0.6) is 0 Å². The van der Waals surface area contributed by atoms with Crippen molar-refractivity contribution in [3.05, 3.63) is 0 Å². The molecular formula is C8H20O4. The third-order valence-electron chi connectivity index (χ3n) is 1.34. The number of aliphatic hydroxyl groups is 4. The lowest BCUT2D eigenvalue weighted by Crippen LogP contribution is -2.20. The Morgan fingerprint density at radius 3 is 0.833 bits per heavy atom. The summed E-state index contributed by atoms with van der Waals surface area (Å²) < 4.78 is 0. The summed E-state index contributed by atoms with van der Waals surface area (Å²) in [5, 5.41) is 33.5. The van der Waals surface area contributed by atoms with Gasteiger partial charge in [0.05, 0.1) is 0 Å². The van der Waals surface area contributed by atoms with Crippen LogP contribution in [0.4, 0.5) is 0 Å². The third kappa shape index (κ3) is 22.5. The lowest BCUT2D eigenvalue weighted by atomic mass is 10.3. The maximum absolute atomic E-state index is 8.38. The van der Waals surface area contributed by atoms with Gasteiger partial charge in [0.1, 0.15) is 0 Å². The largest absolute Gasteiger partial charge is 0.366 e. The molecule has 12 heavy (non-hydrogen) atoms. The van der Waals surface area contributed by atoms with Gasteiger partial charge >= 0.3 is 0 Å². The van der Waals surface area contributed by atoms with Crippen LogP contribution in [0.3, 0.4) is 0 Å². The summed E-state index contributed by atoms with van der Waals surface area (Å²) in [5.41, 5.74) is 0. The maximum Gasteiger partial charge on any atom is 0.159 e. The molecule has 0 saturated carbocycles. The second-order valence-corrected chi connectivity index (χ2v) is 3.14. The summed E-state index contributed by atoms with van der Waals surface area (Å²) in [6.45, 7) is 6.12. The highest BCUT2D eigenvalue weighted by Crippen LogP contribution is 1.99. The van der Waals surface area contributed by atoms with Gasteiger partial charge in [0, 0.05) is 0 Å². The molecule has 0 aliphatic rings. The maximum atomic E-state index is 8.38. The molecule has 0 bridgehead atoms. The molecule has 4 nitrogen and oxygen atoms in total. The lowest BCUT2D eigenvalue weighted by Gasteiger charge is -2.10. The van der Waals surface area contributed by atoms with Crippen LogP contribution in [0.2, 0.25) is 0 Å². The SMILES string of the molecule is CCC(C)(O)O.CCC(C)(O)O. The molecule has 0 unspecified atom stereocenters. The first-order valence-electron chi connectivity index (χ1n) is 4.02. The summed E-state index contributed by atoms with van der Waals surface area (Å²) >= 11 is 0. The van der Waals surface area contributed by atoms with Crippen LogP contribution in [0.1, 0.15) is 40.5 Å². The molecule has 0 amide bonds. The minimum Gasteiger partial charge on any atom is -0.366 e. The number of rotatable bonds is 2. The Labute approximate surface area is 73.5 Å². The van der Waals surface area contributed by atoms with Crippen molar-refractivity contribution in [3.8, 4) is 0 Å². The molecule has 0 fully saturated rings. The van der Waals surface area contributed by atoms with E-state index in [0.29, 0.717) is 12.8 Å². The average Bonchev–Trinajstić information content (AvgIpc) is 1.86. The van der Waals surface area contributed by atoms with Crippen LogP contribution in [0.25, 0.3) is 0 Å². The van der Waals surface area contributed by atoms with E-state index < -0.39 is 11.6 Å². The fourth-order valence-electron chi connectivity index (χ4n) is 0. The van der Waals surface area contributed by atoms with E-state index in [1.807, 2.05) is 0 Å². The molecule has 4 N–H and O–H groups in total. The van der Waals surface area contributed by atoms with Gasteiger partial charge in [-0.05, 0) is 26.7 Å². The van der Waals surface area contributed by atoms with Gasteiger partial charge in [-0.1, -0.05) is 13.8 Å². The summed E-state index contributed by atoms with van der Waals surface area (Å²) in [5.74, 6) is -2.92. The third-order valence-corrected chi connectivity index (χ3v) is 1.34. The standard InChI is InChI=1S/2C4H10O2/c2*1-3-4(2,5)6/h2*5-6H,3H2,1-2H3. The molecule has 0 aromatic rings. The first-order chi connectivity index (χ1) is 5.12. The smallest absolute Gasteiger partial charge is 0.159 e. The van der Waals surface area contributed by atoms with Gasteiger partial charge in [0.25, 0.3) is 0 Å². The molecule has 0 rings (SSSR count). The predicted molar refractivity (Wildman–Crippen MR) is 46.3 cm³/mol. The Kier molecular flexibility index (Phi) is 6.56. The van der Waals surface area contributed by atoms with E-state index in [0.717, 1.165) is 0 Å². The van der Waals surface area contributed by atoms with Crippen LogP contribution in [0, 0.1) is 0 Å². The molecule has 0 spiro atoms. The fraction of sp³-hybridized carbons (Fsp3) is 1.00. The van der Waals surface area contributed by atoms with E-state index in [9.17, 15) is 0 Å². The van der Waals surface area contributed by atoms with E-state index in [1.165, 1.54) is 13.8 Å². The van der Waals surface area contributed by atoms with Crippen LogP contribution in [-0.2, 0) is 0 Å². The molecule has 76 valence electrons. The first kappa shape index (κ1) is 14.4. The number of hydrogen-bond donors (Lipinski definition) is 4. The van der Waals surface area contributed by atoms with E-state index in [1.54, 1.807) is 13.8 Å². The van der Waals surface area contributed by atoms with Crippen LogP contribution in [-0.4, -0.2) is 32.0 Å². The van der Waals surface area contributed by atoms with Crippen molar-refractivity contribution in [1.82, 2.24) is 0 Å². The number of hydrogen-bond acceptors (Lipinski definition) is 4. The van der Waals surface area contributed by atoms with Crippen molar-refractivity contribution >= 4 is 0 Å². The molecule has 0 radical (unpaired) electrons. The molecule has 0 saturated heterocycles. The fourth-order valence-corrected chi connectivity index (χ4v) is 0. The predicted octanol–water partition coefficient (Wildman–Crippen LogP) is 0.194. The van der Waals surface area contributed by atoms with Crippen LogP contribution in [0.15, 0.2) is 0 Å². The Morgan fingerprint density at radius 1 is 0.750 bits per heavy atom. The zero-order valence-corrected chi connectivity index (χ0v) is 8.20. The van der Waals surface area contributed by atoms with E-state index in [2.05, 4.69) is 0 Å². The van der Waals surface area contributed by atoms with E-state index in [4.69, 9.17) is 20.4 Å². The molecule has 0 aliphatic carbocycles. The molecule has 0 heterocycles. The Hall–Kier alpha value is -0.160. The van der Waals surface area contributed by atoms with Gasteiger partial charge in [-0.15, -0.1) is 0 Å². The second kappa shape index (κ2) is 5.48. The summed E-state index contributed by atoms with van der Waals surface area (Å²) in [7, 11) is 0. The van der Waals surface area contributed by atoms with Gasteiger partial charge < -0.3 is 20.4 Å². The average molecular weight is 180 g/mol. The quantitative estimate of drug-likeness (QED) is 0.457. The zero-order chi connectivity index (χ0) is 10.4. The minimum absolute atomic E-state index is 0.382. The van der Waals surface area contributed by atoms with Crippen molar-refractivity contribution < 1.29 is 20.4 Å². The summed E-state index contributed by atoms with van der Waals surface area (Å²) in [6, 6.07) is 0. The second-order valence-electron chi connectivity index (χ2n) is 3.14. The highest BCUT2D eigenvalue weighted by molar-refractivity contribution is 4.48. The van der Waals surface area contributed by atoms with Crippen LogP contribution < -0.4 is 0 Å². The van der Waals surface area contributed by atoms with Gasteiger partial charge in [0.15, 0.2) is 11.6 Å². The van der Waals surface area contributed by atoms with Crippen molar-refractivity contribution in [2.24, 2.45) is 0 Å². The highest BCUT2D eigenvalue weighted by Gasteiger charge is 2.08. The van der Waals surface area contributed by atoms with Gasteiger partial charge in [-0.25, -0.2) is 0 Å². The molecular weight excluding hydrogens is 160 g/mol. The highest BCUT2D eigenvalue weighted by atomic mass is 16.5. The summed E-state index contributed by atoms with van der Waals surface area (Å²) in [6.07, 6.45) is 0.764. The minimum atomic E-state index is -1.46. The Morgan fingerprint density at radius 2 is 0.833 bits per heavy atom. The normalized spacial score (nSPS) is 12.0. The topological polar surface area (TPSA) is 80.9 Å². The van der Waals surface area contributed by atoms with Crippen LogP contribution >= 0.6 is 0 Å². The zero-order valence-electron chi connectivity index (χ0n) is 8.20. The molecule has 4 heteroatoms. The molecule has 0 aromatic carbocycles. The first-order valence-corrected chi connectivity index (χ1v) is 4.02. The van der Waals surface area contributed by atoms with Gasteiger partial charge in [0.2, 0.25) is 0 Å². The Balaban J connectivity index is 0. The van der Waals surface area contributed by atoms with Crippen molar-refractivity contribution in [1.29, 1.82) is 0 Å².